The highest BCUT2D eigenvalue weighted by Gasteiger charge is 2.27. The number of hydrogen-bond donors (Lipinski definition) is 2. The first-order valence-corrected chi connectivity index (χ1v) is 13.1. The van der Waals surface area contributed by atoms with Crippen molar-refractivity contribution in [1.82, 2.24) is 14.8 Å². The second-order valence-corrected chi connectivity index (χ2v) is 9.75. The van der Waals surface area contributed by atoms with E-state index in [9.17, 15) is 14.3 Å². The zero-order valence-corrected chi connectivity index (χ0v) is 21.9. The van der Waals surface area contributed by atoms with E-state index in [1.807, 2.05) is 53.2 Å². The number of anilines is 2. The summed E-state index contributed by atoms with van der Waals surface area (Å²) in [5.74, 6) is 0.0264. The van der Waals surface area contributed by atoms with Gasteiger partial charge in [-0.15, -0.1) is 0 Å². The third-order valence-corrected chi connectivity index (χ3v) is 6.85. The van der Waals surface area contributed by atoms with Gasteiger partial charge in [0.1, 0.15) is 17.7 Å². The molecule has 0 amide bonds. The molecule has 1 aliphatic heterocycles. The summed E-state index contributed by atoms with van der Waals surface area (Å²) in [4.78, 5) is 16.4. The SMILES string of the molecule is CCC(C)c1nn(-c2ccnc(Nc3ccccc3)c2)c(-c2ccc(F)cc2)c1/C=C/C1CC(O)CC(=O)O1. The Kier molecular flexibility index (Phi) is 7.84. The number of hydrogen-bond acceptors (Lipinski definition) is 6. The molecule has 2 aromatic carbocycles. The van der Waals surface area contributed by atoms with Crippen LogP contribution in [0.4, 0.5) is 15.9 Å². The molecule has 3 heterocycles. The van der Waals surface area contributed by atoms with E-state index < -0.39 is 18.2 Å². The van der Waals surface area contributed by atoms with Crippen LogP contribution in [0.2, 0.25) is 0 Å². The summed E-state index contributed by atoms with van der Waals surface area (Å²) in [5, 5.41) is 18.4. The molecule has 2 N–H and O–H groups in total. The number of pyridine rings is 1. The largest absolute Gasteiger partial charge is 0.458 e. The van der Waals surface area contributed by atoms with Crippen molar-refractivity contribution < 1.29 is 19.0 Å². The van der Waals surface area contributed by atoms with E-state index >= 15 is 0 Å². The first-order chi connectivity index (χ1) is 18.9. The van der Waals surface area contributed by atoms with E-state index in [1.54, 1.807) is 24.4 Å². The normalized spacial score (nSPS) is 18.2. The number of ether oxygens (including phenoxy) is 1. The predicted molar refractivity (Wildman–Crippen MR) is 149 cm³/mol. The summed E-state index contributed by atoms with van der Waals surface area (Å²) in [6.07, 6.45) is 5.34. The van der Waals surface area contributed by atoms with Crippen LogP contribution in [-0.4, -0.2) is 38.0 Å². The van der Waals surface area contributed by atoms with E-state index in [-0.39, 0.29) is 18.2 Å². The maximum Gasteiger partial charge on any atom is 0.309 e. The molecule has 200 valence electrons. The molecule has 0 saturated carbocycles. The molecule has 1 aliphatic rings. The average Bonchev–Trinajstić information content (AvgIpc) is 3.31. The van der Waals surface area contributed by atoms with Gasteiger partial charge >= 0.3 is 5.97 Å². The van der Waals surface area contributed by atoms with Gasteiger partial charge in [-0.1, -0.05) is 38.1 Å². The monoisotopic (exact) mass is 526 g/mol. The Balaban J connectivity index is 1.63. The van der Waals surface area contributed by atoms with Crippen LogP contribution in [0.15, 0.2) is 79.0 Å². The molecule has 0 bridgehead atoms. The second kappa shape index (κ2) is 11.6. The minimum atomic E-state index is -0.735. The summed E-state index contributed by atoms with van der Waals surface area (Å²) >= 11 is 0. The molecular formula is C31H31FN4O3. The first kappa shape index (κ1) is 26.3. The molecular weight excluding hydrogens is 495 g/mol. The zero-order chi connectivity index (χ0) is 27.4. The lowest BCUT2D eigenvalue weighted by Gasteiger charge is -2.23. The third-order valence-electron chi connectivity index (χ3n) is 6.85. The molecule has 0 spiro atoms. The molecule has 1 fully saturated rings. The molecule has 0 aliphatic carbocycles. The number of cyclic esters (lactones) is 1. The summed E-state index contributed by atoms with van der Waals surface area (Å²) in [5.41, 5.74) is 4.97. The molecule has 7 nitrogen and oxygen atoms in total. The Morgan fingerprint density at radius 2 is 1.95 bits per heavy atom. The second-order valence-electron chi connectivity index (χ2n) is 9.75. The highest BCUT2D eigenvalue weighted by atomic mass is 19.1. The minimum Gasteiger partial charge on any atom is -0.458 e. The highest BCUT2D eigenvalue weighted by molar-refractivity contribution is 5.77. The minimum absolute atomic E-state index is 0.00259. The van der Waals surface area contributed by atoms with Crippen molar-refractivity contribution in [1.29, 1.82) is 0 Å². The lowest BCUT2D eigenvalue weighted by atomic mass is 9.96. The Labute approximate surface area is 227 Å². The number of carbonyl (C=O) groups excluding carboxylic acids is 1. The van der Waals surface area contributed by atoms with Crippen molar-refractivity contribution in [2.45, 2.75) is 51.2 Å². The average molecular weight is 527 g/mol. The fourth-order valence-corrected chi connectivity index (χ4v) is 4.66. The Hall–Kier alpha value is -4.30. The molecule has 0 radical (unpaired) electrons. The number of esters is 1. The number of nitrogens with one attached hydrogen (secondary N) is 1. The Morgan fingerprint density at radius 3 is 2.67 bits per heavy atom. The molecule has 3 atom stereocenters. The van der Waals surface area contributed by atoms with Crippen molar-refractivity contribution in [2.75, 3.05) is 5.32 Å². The molecule has 39 heavy (non-hydrogen) atoms. The van der Waals surface area contributed by atoms with Gasteiger partial charge in [-0.2, -0.15) is 5.10 Å². The van der Waals surface area contributed by atoms with Gasteiger partial charge in [0.2, 0.25) is 0 Å². The van der Waals surface area contributed by atoms with Crippen molar-refractivity contribution in [3.63, 3.8) is 0 Å². The van der Waals surface area contributed by atoms with Crippen LogP contribution in [0.25, 0.3) is 23.0 Å². The van der Waals surface area contributed by atoms with Crippen LogP contribution in [0.3, 0.4) is 0 Å². The van der Waals surface area contributed by atoms with Crippen molar-refractivity contribution in [2.24, 2.45) is 0 Å². The van der Waals surface area contributed by atoms with Crippen molar-refractivity contribution >= 4 is 23.6 Å². The van der Waals surface area contributed by atoms with Crippen LogP contribution < -0.4 is 5.32 Å². The predicted octanol–water partition coefficient (Wildman–Crippen LogP) is 6.41. The summed E-state index contributed by atoms with van der Waals surface area (Å²) in [6.45, 7) is 4.21. The molecule has 2 aromatic heterocycles. The number of aromatic nitrogens is 3. The van der Waals surface area contributed by atoms with Crippen LogP contribution in [0.1, 0.15) is 50.3 Å². The number of carbonyl (C=O) groups is 1. The van der Waals surface area contributed by atoms with E-state index in [4.69, 9.17) is 9.84 Å². The lowest BCUT2D eigenvalue weighted by molar-refractivity contribution is -0.156. The summed E-state index contributed by atoms with van der Waals surface area (Å²) in [6, 6.07) is 19.9. The van der Waals surface area contributed by atoms with Gasteiger partial charge in [0.05, 0.1) is 29.6 Å². The zero-order valence-electron chi connectivity index (χ0n) is 21.9. The standard InChI is InChI=1S/C31H31FN4O3/c1-3-20(2)30-27(14-13-26-18-25(37)19-29(38)39-26)31(21-9-11-22(32)12-10-21)36(35-30)24-15-16-33-28(17-24)34-23-7-5-4-6-8-23/h4-17,20,25-26,37H,3,18-19H2,1-2H3,(H,33,34)/b14-13+. The van der Waals surface area contributed by atoms with Gasteiger partial charge in [-0.25, -0.2) is 14.1 Å². The quantitative estimate of drug-likeness (QED) is 0.258. The fraction of sp³-hybridized carbons (Fsp3) is 0.258. The number of benzene rings is 2. The third kappa shape index (κ3) is 6.07. The van der Waals surface area contributed by atoms with Gasteiger partial charge in [0, 0.05) is 41.4 Å². The van der Waals surface area contributed by atoms with Gasteiger partial charge in [0.25, 0.3) is 0 Å². The molecule has 3 unspecified atom stereocenters. The van der Waals surface area contributed by atoms with Gasteiger partial charge in [-0.3, -0.25) is 4.79 Å². The maximum absolute atomic E-state index is 13.9. The number of para-hydroxylation sites is 1. The number of nitrogens with zero attached hydrogens (tertiary/aromatic N) is 3. The van der Waals surface area contributed by atoms with Crippen molar-refractivity contribution in [3.8, 4) is 16.9 Å². The lowest BCUT2D eigenvalue weighted by Crippen LogP contribution is -2.31. The highest BCUT2D eigenvalue weighted by Crippen LogP contribution is 2.35. The molecule has 8 heteroatoms. The Morgan fingerprint density at radius 1 is 1.18 bits per heavy atom. The van der Waals surface area contributed by atoms with Crippen molar-refractivity contribution in [3.05, 3.63) is 96.1 Å². The molecule has 5 rings (SSSR count). The number of rotatable bonds is 8. The van der Waals surface area contributed by atoms with E-state index in [1.165, 1.54) is 12.1 Å². The van der Waals surface area contributed by atoms with Gasteiger partial charge < -0.3 is 15.2 Å². The fourth-order valence-electron chi connectivity index (χ4n) is 4.66. The number of aliphatic hydroxyl groups is 1. The van der Waals surface area contributed by atoms with Gasteiger partial charge in [0.15, 0.2) is 0 Å². The number of halogens is 1. The summed E-state index contributed by atoms with van der Waals surface area (Å²) in [7, 11) is 0. The first-order valence-electron chi connectivity index (χ1n) is 13.1. The molecule has 1 saturated heterocycles. The summed E-state index contributed by atoms with van der Waals surface area (Å²) < 4.78 is 21.2. The molecule has 4 aromatic rings. The van der Waals surface area contributed by atoms with Crippen LogP contribution >= 0.6 is 0 Å². The van der Waals surface area contributed by atoms with Crippen LogP contribution in [0, 0.1) is 5.82 Å². The van der Waals surface area contributed by atoms with Crippen LogP contribution in [0.5, 0.6) is 0 Å². The Bertz CT molecular complexity index is 1470. The van der Waals surface area contributed by atoms with Gasteiger partial charge in [-0.05, 0) is 55.0 Å². The van der Waals surface area contributed by atoms with Crippen LogP contribution in [-0.2, 0) is 9.53 Å². The topological polar surface area (TPSA) is 89.3 Å². The maximum atomic E-state index is 13.9. The van der Waals surface area contributed by atoms with E-state index in [0.29, 0.717) is 12.2 Å². The van der Waals surface area contributed by atoms with E-state index in [2.05, 4.69) is 24.1 Å². The number of aliphatic hydroxyl groups excluding tert-OH is 1. The smallest absolute Gasteiger partial charge is 0.309 e. The van der Waals surface area contributed by atoms with E-state index in [0.717, 1.165) is 40.3 Å².